The van der Waals surface area contributed by atoms with Crippen LogP contribution in [0.15, 0.2) is 53.0 Å². The minimum Gasteiger partial charge on any atom is -0.489 e. The minimum absolute atomic E-state index is 0.0974. The third-order valence-corrected chi connectivity index (χ3v) is 6.12. The molecule has 3 nitrogen and oxygen atoms in total. The van der Waals surface area contributed by atoms with Gasteiger partial charge in [-0.25, -0.2) is 0 Å². The Bertz CT molecular complexity index is 779. The Kier molecular flexibility index (Phi) is 6.15. The van der Waals surface area contributed by atoms with Gasteiger partial charge in [0.1, 0.15) is 16.7 Å². The van der Waals surface area contributed by atoms with Crippen molar-refractivity contribution < 1.29 is 9.53 Å². The van der Waals surface area contributed by atoms with Crippen molar-refractivity contribution in [1.29, 1.82) is 0 Å². The van der Waals surface area contributed by atoms with Crippen molar-refractivity contribution in [1.82, 2.24) is 4.90 Å². The lowest BCUT2D eigenvalue weighted by Gasteiger charge is -2.14. The average molecular weight is 436 g/mol. The molecule has 1 atom stereocenters. The number of hydrogen-bond acceptors (Lipinski definition) is 4. The third kappa shape index (κ3) is 4.43. The zero-order chi connectivity index (χ0) is 17.8. The van der Waals surface area contributed by atoms with Crippen LogP contribution in [0.25, 0.3) is 0 Å². The summed E-state index contributed by atoms with van der Waals surface area (Å²) in [5, 5.41) is -0.162. The van der Waals surface area contributed by atoms with E-state index in [1.165, 1.54) is 11.8 Å². The lowest BCUT2D eigenvalue weighted by atomic mass is 10.1. The van der Waals surface area contributed by atoms with E-state index in [1.807, 2.05) is 55.5 Å². The van der Waals surface area contributed by atoms with Crippen molar-refractivity contribution in [3.05, 3.63) is 64.1 Å². The maximum Gasteiger partial charge on any atom is 0.241 e. The molecule has 0 aliphatic carbocycles. The Morgan fingerprint density at radius 3 is 2.60 bits per heavy atom. The number of thioether (sulfide) groups is 1. The predicted octanol–water partition coefficient (Wildman–Crippen LogP) is 4.82. The summed E-state index contributed by atoms with van der Waals surface area (Å²) in [5.74, 6) is 0.917. The van der Waals surface area contributed by atoms with Crippen LogP contribution in [0.5, 0.6) is 5.75 Å². The number of carbonyl (C=O) groups is 1. The highest BCUT2D eigenvalue weighted by molar-refractivity contribution is 9.10. The molecule has 6 heteroatoms. The first kappa shape index (κ1) is 18.4. The van der Waals surface area contributed by atoms with Crippen molar-refractivity contribution >= 4 is 50.1 Å². The molecule has 0 bridgehead atoms. The van der Waals surface area contributed by atoms with E-state index in [2.05, 4.69) is 15.9 Å². The normalized spacial score (nSPS) is 17.2. The number of ether oxygens (including phenoxy) is 1. The van der Waals surface area contributed by atoms with E-state index in [0.717, 1.165) is 21.3 Å². The Balaban J connectivity index is 1.70. The van der Waals surface area contributed by atoms with E-state index >= 15 is 0 Å². The molecule has 2 aromatic rings. The molecule has 130 valence electrons. The van der Waals surface area contributed by atoms with Gasteiger partial charge in [-0.3, -0.25) is 9.69 Å². The molecule has 3 rings (SSSR count). The Hall–Kier alpha value is -1.37. The number of rotatable bonds is 6. The highest BCUT2D eigenvalue weighted by Crippen LogP contribution is 2.32. The summed E-state index contributed by atoms with van der Waals surface area (Å²) in [4.78, 5) is 14.1. The van der Waals surface area contributed by atoms with Crippen LogP contribution in [0.3, 0.4) is 0 Å². The fourth-order valence-corrected chi connectivity index (χ4v) is 4.58. The fraction of sp³-hybridized carbons (Fsp3) is 0.263. The molecular formula is C19H18BrNO2S2. The van der Waals surface area contributed by atoms with Gasteiger partial charge in [-0.15, -0.1) is 0 Å². The summed E-state index contributed by atoms with van der Waals surface area (Å²) in [6.07, 6.45) is 0.622. The maximum atomic E-state index is 12.4. The molecule has 0 aromatic heterocycles. The average Bonchev–Trinajstić information content (AvgIpc) is 2.88. The molecule has 1 amide bonds. The number of amides is 1. The molecular weight excluding hydrogens is 418 g/mol. The van der Waals surface area contributed by atoms with E-state index in [9.17, 15) is 4.79 Å². The first-order valence-electron chi connectivity index (χ1n) is 8.05. The van der Waals surface area contributed by atoms with Gasteiger partial charge in [0.25, 0.3) is 0 Å². The van der Waals surface area contributed by atoms with Gasteiger partial charge < -0.3 is 4.74 Å². The number of carbonyl (C=O) groups excluding carboxylic acids is 1. The van der Waals surface area contributed by atoms with E-state index < -0.39 is 0 Å². The van der Waals surface area contributed by atoms with Crippen LogP contribution in [-0.4, -0.2) is 26.9 Å². The monoisotopic (exact) mass is 435 g/mol. The van der Waals surface area contributed by atoms with Gasteiger partial charge in [-0.1, -0.05) is 70.2 Å². The van der Waals surface area contributed by atoms with Gasteiger partial charge in [0.05, 0.1) is 5.25 Å². The quantitative estimate of drug-likeness (QED) is 0.608. The number of hydrogen-bond donors (Lipinski definition) is 0. The summed E-state index contributed by atoms with van der Waals surface area (Å²) in [6, 6.07) is 15.9. The molecule has 2 aromatic carbocycles. The summed E-state index contributed by atoms with van der Waals surface area (Å²) < 4.78 is 7.72. The van der Waals surface area contributed by atoms with Gasteiger partial charge in [-0.05, 0) is 42.7 Å². The molecule has 1 heterocycles. The third-order valence-electron chi connectivity index (χ3n) is 4.01. The molecule has 0 saturated carbocycles. The molecule has 1 fully saturated rings. The van der Waals surface area contributed by atoms with Crippen LogP contribution < -0.4 is 4.74 Å². The molecule has 25 heavy (non-hydrogen) atoms. The summed E-state index contributed by atoms with van der Waals surface area (Å²) >= 11 is 10.2. The van der Waals surface area contributed by atoms with Crippen molar-refractivity contribution in [3.8, 4) is 5.75 Å². The molecule has 0 radical (unpaired) electrons. The van der Waals surface area contributed by atoms with Crippen LogP contribution in [0.2, 0.25) is 0 Å². The van der Waals surface area contributed by atoms with Crippen molar-refractivity contribution in [3.63, 3.8) is 0 Å². The topological polar surface area (TPSA) is 29.5 Å². The zero-order valence-corrected chi connectivity index (χ0v) is 17.0. The second-order valence-electron chi connectivity index (χ2n) is 5.68. The fourth-order valence-electron chi connectivity index (χ4n) is 2.67. The molecule has 1 aliphatic rings. The first-order valence-corrected chi connectivity index (χ1v) is 10.1. The van der Waals surface area contributed by atoms with Crippen LogP contribution in [0, 0.1) is 0 Å². The SMILES string of the molecule is CCN1C(=O)[C@H](Cc2ccccc2OCc2ccc(Br)cc2)SC1=S. The van der Waals surface area contributed by atoms with Crippen LogP contribution in [0.1, 0.15) is 18.1 Å². The van der Waals surface area contributed by atoms with Crippen molar-refractivity contribution in [2.45, 2.75) is 25.2 Å². The van der Waals surface area contributed by atoms with E-state index in [0.29, 0.717) is 23.9 Å². The van der Waals surface area contributed by atoms with Gasteiger partial charge in [0.2, 0.25) is 5.91 Å². The second kappa shape index (κ2) is 8.34. The lowest BCUT2D eigenvalue weighted by Crippen LogP contribution is -2.31. The van der Waals surface area contributed by atoms with Crippen LogP contribution >= 0.6 is 39.9 Å². The van der Waals surface area contributed by atoms with E-state index in [1.54, 1.807) is 4.90 Å². The first-order chi connectivity index (χ1) is 12.1. The highest BCUT2D eigenvalue weighted by atomic mass is 79.9. The molecule has 1 saturated heterocycles. The number of thiocarbonyl (C=S) groups is 1. The molecule has 0 spiro atoms. The maximum absolute atomic E-state index is 12.4. The van der Waals surface area contributed by atoms with Gasteiger partial charge in [-0.2, -0.15) is 0 Å². The Morgan fingerprint density at radius 2 is 1.92 bits per heavy atom. The summed E-state index contributed by atoms with van der Waals surface area (Å²) in [5.41, 5.74) is 2.13. The smallest absolute Gasteiger partial charge is 0.241 e. The molecule has 1 aliphatic heterocycles. The highest BCUT2D eigenvalue weighted by Gasteiger charge is 2.36. The Labute approximate surface area is 165 Å². The van der Waals surface area contributed by atoms with Crippen LogP contribution in [0.4, 0.5) is 0 Å². The lowest BCUT2D eigenvalue weighted by molar-refractivity contribution is -0.125. The van der Waals surface area contributed by atoms with Gasteiger partial charge in [0, 0.05) is 11.0 Å². The van der Waals surface area contributed by atoms with Gasteiger partial charge >= 0.3 is 0 Å². The molecule has 0 unspecified atom stereocenters. The predicted molar refractivity (Wildman–Crippen MR) is 110 cm³/mol. The number of benzene rings is 2. The summed E-state index contributed by atoms with van der Waals surface area (Å²) in [7, 11) is 0. The minimum atomic E-state index is -0.162. The van der Waals surface area contributed by atoms with Crippen molar-refractivity contribution in [2.75, 3.05) is 6.54 Å². The number of nitrogens with zero attached hydrogens (tertiary/aromatic N) is 1. The number of halogens is 1. The largest absolute Gasteiger partial charge is 0.489 e. The van der Waals surface area contributed by atoms with Gasteiger partial charge in [0.15, 0.2) is 0 Å². The van der Waals surface area contributed by atoms with Crippen LogP contribution in [-0.2, 0) is 17.8 Å². The standard InChI is InChI=1S/C19H18BrNO2S2/c1-2-21-18(22)17(25-19(21)24)11-14-5-3-4-6-16(14)23-12-13-7-9-15(20)10-8-13/h3-10,17H,2,11-12H2,1H3/t17-/m0/s1. The molecule has 0 N–H and O–H groups in total. The Morgan fingerprint density at radius 1 is 1.20 bits per heavy atom. The second-order valence-corrected chi connectivity index (χ2v) is 8.43. The summed E-state index contributed by atoms with van der Waals surface area (Å²) in [6.45, 7) is 3.07. The zero-order valence-electron chi connectivity index (χ0n) is 13.8. The van der Waals surface area contributed by atoms with E-state index in [4.69, 9.17) is 17.0 Å². The van der Waals surface area contributed by atoms with E-state index in [-0.39, 0.29) is 11.2 Å². The number of para-hydroxylation sites is 1. The van der Waals surface area contributed by atoms with Crippen molar-refractivity contribution in [2.24, 2.45) is 0 Å².